The van der Waals surface area contributed by atoms with E-state index in [4.69, 9.17) is 11.6 Å². The van der Waals surface area contributed by atoms with Gasteiger partial charge in [0.15, 0.2) is 0 Å². The number of halogens is 4. The van der Waals surface area contributed by atoms with Crippen LogP contribution in [0.4, 0.5) is 20.2 Å². The second kappa shape index (κ2) is 12.8. The highest BCUT2D eigenvalue weighted by Gasteiger charge is 2.41. The van der Waals surface area contributed by atoms with Gasteiger partial charge >= 0.3 is 0 Å². The second-order valence-corrected chi connectivity index (χ2v) is 10.1. The third-order valence-electron chi connectivity index (χ3n) is 7.12. The first-order valence-electron chi connectivity index (χ1n) is 13.1. The van der Waals surface area contributed by atoms with Gasteiger partial charge in [-0.2, -0.15) is 0 Å². The number of fused-ring (bicyclic) bond motifs is 1. The van der Waals surface area contributed by atoms with Gasteiger partial charge in [0, 0.05) is 55.2 Å². The van der Waals surface area contributed by atoms with E-state index in [9.17, 15) is 9.59 Å². The smallest absolute Gasteiger partial charge is 0.275 e. The number of benzene rings is 2. The third kappa shape index (κ3) is 6.45. The lowest BCUT2D eigenvalue weighted by atomic mass is 9.97. The van der Waals surface area contributed by atoms with Crippen molar-refractivity contribution in [3.05, 3.63) is 94.8 Å². The molecule has 1 saturated heterocycles. The monoisotopic (exact) mass is 586 g/mol. The first-order chi connectivity index (χ1) is 18.8. The lowest BCUT2D eigenvalue weighted by Gasteiger charge is -2.29. The average Bonchev–Trinajstić information content (AvgIpc) is 3.06. The molecule has 40 heavy (non-hydrogen) atoms. The van der Waals surface area contributed by atoms with Crippen molar-refractivity contribution in [2.24, 2.45) is 0 Å². The summed E-state index contributed by atoms with van der Waals surface area (Å²) in [7, 11) is 0. The number of para-hydroxylation sites is 1. The number of alkyl halides is 2. The number of nitrogens with one attached hydrogen (secondary N) is 1. The van der Waals surface area contributed by atoms with E-state index in [-0.39, 0.29) is 41.6 Å². The van der Waals surface area contributed by atoms with E-state index < -0.39 is 29.7 Å². The highest BCUT2D eigenvalue weighted by molar-refractivity contribution is 6.35. The van der Waals surface area contributed by atoms with Crippen molar-refractivity contribution in [3.8, 4) is 0 Å². The molecule has 1 N–H and O–H groups in total. The Hall–Kier alpha value is -3.49. The number of rotatable bonds is 5. The molecule has 3 aromatic rings. The largest absolute Gasteiger partial charge is 0.371 e. The van der Waals surface area contributed by atoms with Crippen LogP contribution >= 0.6 is 24.0 Å². The van der Waals surface area contributed by atoms with E-state index in [1.165, 1.54) is 17.4 Å². The van der Waals surface area contributed by atoms with Crippen LogP contribution < -0.4 is 15.1 Å². The lowest BCUT2D eigenvalue weighted by molar-refractivity contribution is -0.116. The van der Waals surface area contributed by atoms with Crippen molar-refractivity contribution in [2.45, 2.75) is 38.2 Å². The summed E-state index contributed by atoms with van der Waals surface area (Å²) < 4.78 is 31.0. The van der Waals surface area contributed by atoms with E-state index in [0.717, 1.165) is 37.7 Å². The zero-order valence-electron chi connectivity index (χ0n) is 21.8. The maximum atomic E-state index is 15.5. The SMILES string of the molecule is Cl.O=C(/C=C1/c2ccccc2N(C(=O)c2ccc(N3CCCCC3)cc2Cl)CCC1(F)F)NCc1ccccn1. The first-order valence-corrected chi connectivity index (χ1v) is 13.4. The fourth-order valence-corrected chi connectivity index (χ4v) is 5.33. The van der Waals surface area contributed by atoms with Crippen LogP contribution in [-0.2, 0) is 11.3 Å². The third-order valence-corrected chi connectivity index (χ3v) is 7.44. The molecule has 0 spiro atoms. The van der Waals surface area contributed by atoms with Gasteiger partial charge in [0.2, 0.25) is 5.91 Å². The maximum Gasteiger partial charge on any atom is 0.275 e. The van der Waals surface area contributed by atoms with Crippen LogP contribution in [0.25, 0.3) is 5.57 Å². The van der Waals surface area contributed by atoms with Crippen LogP contribution in [0, 0.1) is 0 Å². The standard InChI is InChI=1S/C30H29ClF2N4O2.ClH/c31-26-18-22(36-15-6-1-7-16-36)11-12-24(26)29(39)37-17-13-30(32,33)25(23-9-2-3-10-27(23)37)19-28(38)35-20-21-8-4-5-14-34-21;/h2-5,8-12,14,18-19H,1,6-7,13,15-17,20H2,(H,35,38);1H/b25-19-;. The van der Waals surface area contributed by atoms with Crippen LogP contribution in [0.1, 0.15) is 47.3 Å². The Morgan fingerprint density at radius 2 is 1.75 bits per heavy atom. The normalized spacial score (nSPS) is 17.4. The van der Waals surface area contributed by atoms with Crippen LogP contribution in [0.15, 0.2) is 72.9 Å². The van der Waals surface area contributed by atoms with Crippen molar-refractivity contribution in [1.82, 2.24) is 10.3 Å². The summed E-state index contributed by atoms with van der Waals surface area (Å²) in [5.41, 5.74) is 1.80. The molecule has 5 rings (SSSR count). The number of nitrogens with zero attached hydrogens (tertiary/aromatic N) is 3. The number of hydrogen-bond acceptors (Lipinski definition) is 4. The number of carbonyl (C=O) groups is 2. The van der Waals surface area contributed by atoms with Gasteiger partial charge in [-0.05, 0) is 55.7 Å². The van der Waals surface area contributed by atoms with Gasteiger partial charge in [0.05, 0.1) is 28.5 Å². The highest BCUT2D eigenvalue weighted by Crippen LogP contribution is 2.43. The summed E-state index contributed by atoms with van der Waals surface area (Å²) in [4.78, 5) is 34.1. The van der Waals surface area contributed by atoms with E-state index in [1.54, 1.807) is 54.7 Å². The minimum atomic E-state index is -3.34. The molecule has 0 atom stereocenters. The molecule has 3 heterocycles. The molecule has 0 aliphatic carbocycles. The zero-order valence-corrected chi connectivity index (χ0v) is 23.4. The summed E-state index contributed by atoms with van der Waals surface area (Å²) in [5.74, 6) is -4.47. The Morgan fingerprint density at radius 3 is 2.48 bits per heavy atom. The number of carbonyl (C=O) groups excluding carboxylic acids is 2. The molecule has 10 heteroatoms. The topological polar surface area (TPSA) is 65.5 Å². The lowest BCUT2D eigenvalue weighted by Crippen LogP contribution is -2.33. The number of anilines is 2. The van der Waals surface area contributed by atoms with Gasteiger partial charge in [0.1, 0.15) is 0 Å². The molecule has 0 unspecified atom stereocenters. The first kappa shape index (κ1) is 29.5. The van der Waals surface area contributed by atoms with Crippen molar-refractivity contribution >= 4 is 52.8 Å². The molecule has 1 aromatic heterocycles. The molecule has 1 fully saturated rings. The van der Waals surface area contributed by atoms with Crippen LogP contribution in [-0.4, -0.2) is 42.4 Å². The molecule has 2 amide bonds. The van der Waals surface area contributed by atoms with Gasteiger partial charge < -0.3 is 15.1 Å². The van der Waals surface area contributed by atoms with Gasteiger partial charge in [-0.25, -0.2) is 8.78 Å². The quantitative estimate of drug-likeness (QED) is 0.345. The molecule has 6 nitrogen and oxygen atoms in total. The number of pyridine rings is 1. The Balaban J connectivity index is 0.00000370. The molecule has 2 aromatic carbocycles. The Bertz CT molecular complexity index is 1400. The van der Waals surface area contributed by atoms with Gasteiger partial charge in [-0.1, -0.05) is 35.9 Å². The molecular weight excluding hydrogens is 557 g/mol. The number of allylic oxidation sites excluding steroid dienone is 1. The van der Waals surface area contributed by atoms with Gasteiger partial charge in [-0.15, -0.1) is 12.4 Å². The van der Waals surface area contributed by atoms with Crippen molar-refractivity contribution in [2.75, 3.05) is 29.4 Å². The summed E-state index contributed by atoms with van der Waals surface area (Å²) in [6.07, 6.45) is 5.28. The number of hydrogen-bond donors (Lipinski definition) is 1. The molecule has 0 bridgehead atoms. The van der Waals surface area contributed by atoms with Gasteiger partial charge in [0.25, 0.3) is 11.8 Å². The molecule has 0 radical (unpaired) electrons. The van der Waals surface area contributed by atoms with Crippen LogP contribution in [0.5, 0.6) is 0 Å². The van der Waals surface area contributed by atoms with Crippen molar-refractivity contribution in [1.29, 1.82) is 0 Å². The Kier molecular flexibility index (Phi) is 9.43. The summed E-state index contributed by atoms with van der Waals surface area (Å²) >= 11 is 6.58. The van der Waals surface area contributed by atoms with Gasteiger partial charge in [-0.3, -0.25) is 14.6 Å². The highest BCUT2D eigenvalue weighted by atomic mass is 35.5. The van der Waals surface area contributed by atoms with E-state index in [0.29, 0.717) is 11.4 Å². The fourth-order valence-electron chi connectivity index (χ4n) is 5.07. The molecular formula is C30H30Cl2F2N4O2. The minimum Gasteiger partial charge on any atom is -0.371 e. The molecule has 210 valence electrons. The molecule has 2 aliphatic heterocycles. The second-order valence-electron chi connectivity index (χ2n) is 9.74. The van der Waals surface area contributed by atoms with E-state index in [2.05, 4.69) is 15.2 Å². The Labute approximate surface area is 243 Å². The van der Waals surface area contributed by atoms with Crippen molar-refractivity contribution in [3.63, 3.8) is 0 Å². The van der Waals surface area contributed by atoms with E-state index >= 15 is 8.78 Å². The molecule has 2 aliphatic rings. The Morgan fingerprint density at radius 1 is 1.00 bits per heavy atom. The average molecular weight is 587 g/mol. The van der Waals surface area contributed by atoms with E-state index in [1.807, 2.05) is 6.07 Å². The number of aromatic nitrogens is 1. The zero-order chi connectivity index (χ0) is 27.4. The number of amides is 2. The number of piperidine rings is 1. The molecule has 0 saturated carbocycles. The predicted octanol–water partition coefficient (Wildman–Crippen LogP) is 6.53. The fraction of sp³-hybridized carbons (Fsp3) is 0.300. The predicted molar refractivity (Wildman–Crippen MR) is 157 cm³/mol. The summed E-state index contributed by atoms with van der Waals surface area (Å²) in [6, 6.07) is 17.0. The van der Waals surface area contributed by atoms with Crippen molar-refractivity contribution < 1.29 is 18.4 Å². The summed E-state index contributed by atoms with van der Waals surface area (Å²) in [5, 5.41) is 2.90. The maximum absolute atomic E-state index is 15.5. The van der Waals surface area contributed by atoms with Crippen LogP contribution in [0.2, 0.25) is 5.02 Å². The van der Waals surface area contributed by atoms with Crippen LogP contribution in [0.3, 0.4) is 0 Å². The summed E-state index contributed by atoms with van der Waals surface area (Å²) in [6.45, 7) is 1.73. The minimum absolute atomic E-state index is 0.